The lowest BCUT2D eigenvalue weighted by molar-refractivity contribution is 0.306. The fourth-order valence-electron chi connectivity index (χ4n) is 5.04. The summed E-state index contributed by atoms with van der Waals surface area (Å²) in [7, 11) is -3.37. The number of ether oxygens (including phenoxy) is 1. The molecule has 0 bridgehead atoms. The standard InChI is InChI=1S/C35H31ClFN5O3S2/c1-2-30(38-15-16-47(43,44)27-9-4-3-5-10-27)35-42-32(21-46-35)24-11-13-31-28(18-24)34(40-22-39-31)41-26-12-14-33(29(36)19-26)45-20-23-7-6-8-25(37)17-23/h3-14,17-19,21-22,30,38H,2,15-16,20H2,1H3,(H,39,40,41). The highest BCUT2D eigenvalue weighted by molar-refractivity contribution is 7.91. The molecule has 1 unspecified atom stereocenters. The molecule has 0 aliphatic carbocycles. The largest absolute Gasteiger partial charge is 0.487 e. The van der Waals surface area contributed by atoms with Gasteiger partial charge in [-0.15, -0.1) is 11.3 Å². The normalized spacial score (nSPS) is 12.2. The summed E-state index contributed by atoms with van der Waals surface area (Å²) < 4.78 is 44.7. The first-order valence-electron chi connectivity index (χ1n) is 14.9. The van der Waals surface area contributed by atoms with Crippen LogP contribution < -0.4 is 15.4 Å². The van der Waals surface area contributed by atoms with Gasteiger partial charge in [0.15, 0.2) is 9.84 Å². The van der Waals surface area contributed by atoms with Crippen LogP contribution in [-0.4, -0.2) is 35.7 Å². The maximum atomic E-state index is 13.5. The molecule has 8 nitrogen and oxygen atoms in total. The Hall–Kier alpha value is -4.42. The van der Waals surface area contributed by atoms with E-state index in [4.69, 9.17) is 21.3 Å². The smallest absolute Gasteiger partial charge is 0.179 e. The second-order valence-corrected chi connectivity index (χ2v) is 14.2. The maximum Gasteiger partial charge on any atom is 0.179 e. The van der Waals surface area contributed by atoms with Gasteiger partial charge in [-0.1, -0.05) is 54.9 Å². The number of thiazole rings is 1. The van der Waals surface area contributed by atoms with Crippen molar-refractivity contribution in [2.75, 3.05) is 17.6 Å². The first-order valence-corrected chi connectivity index (χ1v) is 17.9. The van der Waals surface area contributed by atoms with Gasteiger partial charge in [0.2, 0.25) is 0 Å². The van der Waals surface area contributed by atoms with Crippen LogP contribution in [0.25, 0.3) is 22.2 Å². The Balaban J connectivity index is 1.14. The quantitative estimate of drug-likeness (QED) is 0.125. The molecule has 0 fully saturated rings. The van der Waals surface area contributed by atoms with E-state index in [9.17, 15) is 12.8 Å². The van der Waals surface area contributed by atoms with Gasteiger partial charge >= 0.3 is 0 Å². The molecule has 0 aliphatic heterocycles. The fraction of sp³-hybridized carbons (Fsp3) is 0.171. The lowest BCUT2D eigenvalue weighted by Crippen LogP contribution is -2.27. The Morgan fingerprint density at radius 2 is 1.83 bits per heavy atom. The van der Waals surface area contributed by atoms with Crippen LogP contribution in [0.5, 0.6) is 5.75 Å². The molecule has 4 aromatic carbocycles. The molecule has 6 aromatic rings. The van der Waals surface area contributed by atoms with Crippen molar-refractivity contribution in [3.63, 3.8) is 0 Å². The van der Waals surface area contributed by atoms with Crippen LogP contribution >= 0.6 is 22.9 Å². The Bertz CT molecular complexity index is 2110. The van der Waals surface area contributed by atoms with Gasteiger partial charge in [0.05, 0.1) is 32.9 Å². The summed E-state index contributed by atoms with van der Waals surface area (Å²) in [4.78, 5) is 14.1. The van der Waals surface area contributed by atoms with E-state index in [1.165, 1.54) is 29.8 Å². The summed E-state index contributed by atoms with van der Waals surface area (Å²) in [6, 6.07) is 25.9. The molecule has 6 rings (SSSR count). The highest BCUT2D eigenvalue weighted by Gasteiger charge is 2.18. The summed E-state index contributed by atoms with van der Waals surface area (Å²) in [5.41, 5.74) is 3.88. The van der Waals surface area contributed by atoms with Crippen LogP contribution in [0.15, 0.2) is 108 Å². The lowest BCUT2D eigenvalue weighted by Gasteiger charge is -2.14. The summed E-state index contributed by atoms with van der Waals surface area (Å²) in [5.74, 6) is 0.763. The van der Waals surface area contributed by atoms with Gasteiger partial charge in [-0.3, -0.25) is 0 Å². The molecule has 2 aromatic heterocycles. The van der Waals surface area contributed by atoms with Crippen LogP contribution in [-0.2, 0) is 16.4 Å². The first-order chi connectivity index (χ1) is 22.8. The van der Waals surface area contributed by atoms with E-state index in [1.807, 2.05) is 36.6 Å². The minimum atomic E-state index is -3.37. The molecule has 240 valence electrons. The summed E-state index contributed by atoms with van der Waals surface area (Å²) >= 11 is 8.06. The Morgan fingerprint density at radius 3 is 2.62 bits per heavy atom. The van der Waals surface area contributed by atoms with Gasteiger partial charge in [0.25, 0.3) is 0 Å². The van der Waals surface area contributed by atoms with E-state index in [2.05, 4.69) is 20.6 Å². The molecule has 12 heteroatoms. The number of fused-ring (bicyclic) bond motifs is 1. The van der Waals surface area contributed by atoms with Crippen LogP contribution in [0.1, 0.15) is 30.0 Å². The van der Waals surface area contributed by atoms with Gasteiger partial charge < -0.3 is 15.4 Å². The number of aromatic nitrogens is 3. The maximum absolute atomic E-state index is 13.5. The number of rotatable bonds is 13. The van der Waals surface area contributed by atoms with Crippen molar-refractivity contribution in [3.05, 3.63) is 124 Å². The number of hydrogen-bond acceptors (Lipinski definition) is 9. The second kappa shape index (κ2) is 14.6. The summed E-state index contributed by atoms with van der Waals surface area (Å²) in [5, 5.41) is 10.8. The zero-order valence-electron chi connectivity index (χ0n) is 25.4. The number of benzene rings is 4. The molecule has 0 radical (unpaired) electrons. The third-order valence-electron chi connectivity index (χ3n) is 7.50. The zero-order valence-corrected chi connectivity index (χ0v) is 27.7. The van der Waals surface area contributed by atoms with Gasteiger partial charge in [-0.25, -0.2) is 27.8 Å². The molecule has 2 heterocycles. The number of halogens is 2. The number of anilines is 2. The molecule has 0 amide bonds. The van der Waals surface area contributed by atoms with Gasteiger partial charge in [-0.05, 0) is 66.6 Å². The predicted molar refractivity (Wildman–Crippen MR) is 186 cm³/mol. The minimum Gasteiger partial charge on any atom is -0.487 e. The minimum absolute atomic E-state index is 0.00206. The highest BCUT2D eigenvalue weighted by Crippen LogP contribution is 2.33. The molecule has 0 aliphatic rings. The van der Waals surface area contributed by atoms with Crippen LogP contribution in [0.4, 0.5) is 15.9 Å². The second-order valence-electron chi connectivity index (χ2n) is 10.8. The first kappa shape index (κ1) is 32.5. The molecule has 0 saturated heterocycles. The summed E-state index contributed by atoms with van der Waals surface area (Å²) in [6.07, 6.45) is 2.26. The average Bonchev–Trinajstić information content (AvgIpc) is 3.57. The van der Waals surface area contributed by atoms with Crippen molar-refractivity contribution in [1.29, 1.82) is 0 Å². The van der Waals surface area contributed by atoms with Crippen LogP contribution in [0.2, 0.25) is 5.02 Å². The lowest BCUT2D eigenvalue weighted by atomic mass is 10.1. The Kier molecular flexibility index (Phi) is 10.1. The van der Waals surface area contributed by atoms with Gasteiger partial charge in [0.1, 0.15) is 35.3 Å². The average molecular weight is 688 g/mol. The van der Waals surface area contributed by atoms with E-state index in [1.54, 1.807) is 54.6 Å². The van der Waals surface area contributed by atoms with Crippen molar-refractivity contribution < 1.29 is 17.5 Å². The molecule has 1 atom stereocenters. The monoisotopic (exact) mass is 687 g/mol. The van der Waals surface area contributed by atoms with E-state index in [-0.39, 0.29) is 24.2 Å². The number of sulfone groups is 1. The molecule has 0 spiro atoms. The van der Waals surface area contributed by atoms with E-state index >= 15 is 0 Å². The summed E-state index contributed by atoms with van der Waals surface area (Å²) in [6.45, 7) is 2.55. The van der Waals surface area contributed by atoms with Crippen molar-refractivity contribution in [3.8, 4) is 17.0 Å². The Morgan fingerprint density at radius 1 is 0.979 bits per heavy atom. The van der Waals surface area contributed by atoms with Crippen molar-refractivity contribution >= 4 is 55.2 Å². The third-order valence-corrected chi connectivity index (χ3v) is 10.5. The van der Waals surface area contributed by atoms with Crippen LogP contribution in [0, 0.1) is 5.82 Å². The zero-order chi connectivity index (χ0) is 32.8. The van der Waals surface area contributed by atoms with Gasteiger partial charge in [-0.2, -0.15) is 0 Å². The predicted octanol–water partition coefficient (Wildman–Crippen LogP) is 8.38. The van der Waals surface area contributed by atoms with Crippen LogP contribution in [0.3, 0.4) is 0 Å². The SMILES string of the molecule is CCC(NCCS(=O)(=O)c1ccccc1)c1nc(-c2ccc3ncnc(Nc4ccc(OCc5cccc(F)c5)c(Cl)c4)c3c2)cs1. The molecule has 0 saturated carbocycles. The number of hydrogen-bond donors (Lipinski definition) is 2. The number of nitrogens with one attached hydrogen (secondary N) is 2. The topological polar surface area (TPSA) is 106 Å². The van der Waals surface area contributed by atoms with Gasteiger partial charge in [0, 0.05) is 28.6 Å². The molecule has 2 N–H and O–H groups in total. The van der Waals surface area contributed by atoms with Crippen molar-refractivity contribution in [2.45, 2.75) is 30.9 Å². The molecule has 47 heavy (non-hydrogen) atoms. The third kappa shape index (κ3) is 7.94. The molecular formula is C35H31ClFN5O3S2. The van der Waals surface area contributed by atoms with E-state index in [0.717, 1.165) is 33.6 Å². The van der Waals surface area contributed by atoms with E-state index < -0.39 is 9.84 Å². The van der Waals surface area contributed by atoms with E-state index in [0.29, 0.717) is 39.3 Å². The van der Waals surface area contributed by atoms with Crippen molar-refractivity contribution in [2.24, 2.45) is 0 Å². The van der Waals surface area contributed by atoms with Crippen molar-refractivity contribution in [1.82, 2.24) is 20.3 Å². The number of nitrogens with zero attached hydrogens (tertiary/aromatic N) is 3. The Labute approximate surface area is 281 Å². The fourth-order valence-corrected chi connectivity index (χ4v) is 7.45. The highest BCUT2D eigenvalue weighted by atomic mass is 35.5. The molecular weight excluding hydrogens is 657 g/mol.